The molecule has 0 saturated heterocycles. The van der Waals surface area contributed by atoms with Crippen LogP contribution in [0.3, 0.4) is 0 Å². The van der Waals surface area contributed by atoms with Crippen LogP contribution in [0.4, 0.5) is 0 Å². The SMILES string of the molecule is Cc1ncsc1CNS(=O)(=O)c1cc(CN)sc1C. The van der Waals surface area contributed by atoms with E-state index in [1.807, 2.05) is 6.92 Å². The van der Waals surface area contributed by atoms with E-state index in [2.05, 4.69) is 9.71 Å². The standard InChI is InChI=1S/C11H15N3O2S3/c1-7-10(17-6-13-7)5-14-19(15,16)11-3-9(4-12)18-8(11)2/h3,6,14H,4-5,12H2,1-2H3. The molecule has 2 rings (SSSR count). The van der Waals surface area contributed by atoms with E-state index in [1.165, 1.54) is 22.7 Å². The minimum atomic E-state index is -3.49. The average Bonchev–Trinajstić information content (AvgIpc) is 2.93. The molecule has 0 aliphatic carbocycles. The Morgan fingerprint density at radius 3 is 2.68 bits per heavy atom. The van der Waals surface area contributed by atoms with Gasteiger partial charge in [-0.15, -0.1) is 22.7 Å². The minimum Gasteiger partial charge on any atom is -0.326 e. The molecule has 0 atom stereocenters. The third-order valence-electron chi connectivity index (χ3n) is 2.68. The molecule has 0 bridgehead atoms. The molecular formula is C11H15N3O2S3. The van der Waals surface area contributed by atoms with E-state index in [1.54, 1.807) is 18.5 Å². The van der Waals surface area contributed by atoms with Crippen LogP contribution >= 0.6 is 22.7 Å². The molecule has 8 heteroatoms. The monoisotopic (exact) mass is 317 g/mol. The number of sulfonamides is 1. The summed E-state index contributed by atoms with van der Waals surface area (Å²) in [6, 6.07) is 1.64. The molecular weight excluding hydrogens is 302 g/mol. The topological polar surface area (TPSA) is 85.1 Å². The molecule has 19 heavy (non-hydrogen) atoms. The van der Waals surface area contributed by atoms with Crippen molar-refractivity contribution in [2.24, 2.45) is 5.73 Å². The van der Waals surface area contributed by atoms with Crippen molar-refractivity contribution in [1.29, 1.82) is 0 Å². The van der Waals surface area contributed by atoms with Gasteiger partial charge in [-0.1, -0.05) is 0 Å². The van der Waals surface area contributed by atoms with Gasteiger partial charge in [-0.05, 0) is 19.9 Å². The molecule has 0 radical (unpaired) electrons. The third kappa shape index (κ3) is 3.21. The Morgan fingerprint density at radius 1 is 1.42 bits per heavy atom. The van der Waals surface area contributed by atoms with E-state index in [-0.39, 0.29) is 6.54 Å². The quantitative estimate of drug-likeness (QED) is 0.880. The molecule has 0 amide bonds. The van der Waals surface area contributed by atoms with Crippen LogP contribution in [-0.2, 0) is 23.1 Å². The Bertz CT molecular complexity index is 673. The Kier molecular flexibility index (Phi) is 4.36. The van der Waals surface area contributed by atoms with E-state index in [0.29, 0.717) is 11.4 Å². The number of rotatable bonds is 5. The molecule has 0 unspecified atom stereocenters. The number of hydrogen-bond donors (Lipinski definition) is 2. The highest BCUT2D eigenvalue weighted by molar-refractivity contribution is 7.89. The fourth-order valence-electron chi connectivity index (χ4n) is 1.63. The van der Waals surface area contributed by atoms with Crippen LogP contribution in [0.2, 0.25) is 0 Å². The van der Waals surface area contributed by atoms with Crippen molar-refractivity contribution in [1.82, 2.24) is 9.71 Å². The fourth-order valence-corrected chi connectivity index (χ4v) is 4.94. The van der Waals surface area contributed by atoms with Crippen LogP contribution in [0.1, 0.15) is 20.3 Å². The van der Waals surface area contributed by atoms with Gasteiger partial charge in [0.2, 0.25) is 10.0 Å². The number of nitrogens with zero attached hydrogens (tertiary/aromatic N) is 1. The van der Waals surface area contributed by atoms with Gasteiger partial charge >= 0.3 is 0 Å². The minimum absolute atomic E-state index is 0.270. The van der Waals surface area contributed by atoms with E-state index >= 15 is 0 Å². The van der Waals surface area contributed by atoms with Gasteiger partial charge in [0.15, 0.2) is 0 Å². The van der Waals surface area contributed by atoms with Crippen LogP contribution in [0, 0.1) is 13.8 Å². The lowest BCUT2D eigenvalue weighted by Crippen LogP contribution is -2.23. The highest BCUT2D eigenvalue weighted by atomic mass is 32.2. The third-order valence-corrected chi connectivity index (χ3v) is 6.35. The number of aryl methyl sites for hydroxylation is 2. The molecule has 104 valence electrons. The van der Waals surface area contributed by atoms with Gasteiger partial charge in [0.25, 0.3) is 0 Å². The molecule has 2 aromatic heterocycles. The summed E-state index contributed by atoms with van der Waals surface area (Å²) in [5, 5.41) is 0. The summed E-state index contributed by atoms with van der Waals surface area (Å²) >= 11 is 2.86. The zero-order valence-electron chi connectivity index (χ0n) is 10.6. The summed E-state index contributed by atoms with van der Waals surface area (Å²) < 4.78 is 27.1. The van der Waals surface area contributed by atoms with Crippen LogP contribution in [0.25, 0.3) is 0 Å². The van der Waals surface area contributed by atoms with Gasteiger partial charge in [-0.2, -0.15) is 0 Å². The van der Waals surface area contributed by atoms with Gasteiger partial charge in [-0.25, -0.2) is 18.1 Å². The van der Waals surface area contributed by atoms with E-state index in [0.717, 1.165) is 20.3 Å². The molecule has 0 fully saturated rings. The second-order valence-corrected chi connectivity index (χ2v) is 8.04. The van der Waals surface area contributed by atoms with Gasteiger partial charge in [0, 0.05) is 27.7 Å². The van der Waals surface area contributed by atoms with Crippen LogP contribution in [0.5, 0.6) is 0 Å². The lowest BCUT2D eigenvalue weighted by atomic mass is 10.4. The summed E-state index contributed by atoms with van der Waals surface area (Å²) in [6.07, 6.45) is 0. The number of aromatic nitrogens is 1. The maximum absolute atomic E-state index is 12.2. The molecule has 0 spiro atoms. The molecule has 0 aliphatic rings. The second-order valence-electron chi connectivity index (χ2n) is 4.02. The summed E-state index contributed by atoms with van der Waals surface area (Å²) in [4.78, 5) is 6.97. The molecule has 0 saturated carbocycles. The summed E-state index contributed by atoms with van der Waals surface area (Å²) in [5.74, 6) is 0. The first-order valence-electron chi connectivity index (χ1n) is 5.62. The first-order valence-corrected chi connectivity index (χ1v) is 8.80. The normalized spacial score (nSPS) is 11.9. The highest BCUT2D eigenvalue weighted by Crippen LogP contribution is 2.25. The first-order chi connectivity index (χ1) is 8.94. The van der Waals surface area contributed by atoms with Crippen molar-refractivity contribution in [3.8, 4) is 0 Å². The summed E-state index contributed by atoms with van der Waals surface area (Å²) in [6.45, 7) is 4.28. The van der Waals surface area contributed by atoms with E-state index in [4.69, 9.17) is 5.73 Å². The predicted octanol–water partition coefficient (Wildman–Crippen LogP) is 1.76. The zero-order valence-corrected chi connectivity index (χ0v) is 13.1. The van der Waals surface area contributed by atoms with Crippen LogP contribution < -0.4 is 10.5 Å². The Balaban J connectivity index is 2.18. The summed E-state index contributed by atoms with van der Waals surface area (Å²) in [5.41, 5.74) is 8.10. The van der Waals surface area contributed by atoms with Gasteiger partial charge in [0.1, 0.15) is 0 Å². The van der Waals surface area contributed by atoms with Crippen molar-refractivity contribution in [2.75, 3.05) is 0 Å². The number of thiazole rings is 1. The predicted molar refractivity (Wildman–Crippen MR) is 77.8 cm³/mol. The Labute approximate surface area is 120 Å². The number of nitrogens with two attached hydrogens (primary N) is 1. The maximum atomic E-state index is 12.2. The molecule has 2 heterocycles. The van der Waals surface area contributed by atoms with Crippen molar-refractivity contribution < 1.29 is 8.42 Å². The second kappa shape index (κ2) is 5.68. The molecule has 2 aromatic rings. The van der Waals surface area contributed by atoms with E-state index in [9.17, 15) is 8.42 Å². The lowest BCUT2D eigenvalue weighted by Gasteiger charge is -2.05. The highest BCUT2D eigenvalue weighted by Gasteiger charge is 2.19. The van der Waals surface area contributed by atoms with E-state index < -0.39 is 10.0 Å². The fraction of sp³-hybridized carbons (Fsp3) is 0.364. The van der Waals surface area contributed by atoms with Gasteiger partial charge in [0.05, 0.1) is 16.1 Å². The molecule has 3 N–H and O–H groups in total. The first kappa shape index (κ1) is 14.6. The van der Waals surface area contributed by atoms with Gasteiger partial charge < -0.3 is 5.73 Å². The zero-order chi connectivity index (χ0) is 14.0. The van der Waals surface area contributed by atoms with Crippen molar-refractivity contribution in [3.63, 3.8) is 0 Å². The maximum Gasteiger partial charge on any atom is 0.242 e. The lowest BCUT2D eigenvalue weighted by molar-refractivity contribution is 0.581. The molecule has 0 aliphatic heterocycles. The number of hydrogen-bond acceptors (Lipinski definition) is 6. The smallest absolute Gasteiger partial charge is 0.242 e. The summed E-state index contributed by atoms with van der Waals surface area (Å²) in [7, 11) is -3.49. The van der Waals surface area contributed by atoms with Crippen molar-refractivity contribution in [3.05, 3.63) is 31.9 Å². The van der Waals surface area contributed by atoms with Gasteiger partial charge in [-0.3, -0.25) is 0 Å². The van der Waals surface area contributed by atoms with Crippen LogP contribution in [0.15, 0.2) is 16.5 Å². The Morgan fingerprint density at radius 2 is 2.16 bits per heavy atom. The Hall–Kier alpha value is -0.800. The van der Waals surface area contributed by atoms with Crippen molar-refractivity contribution >= 4 is 32.7 Å². The average molecular weight is 317 g/mol. The molecule has 0 aromatic carbocycles. The number of nitrogens with one attached hydrogen (secondary N) is 1. The van der Waals surface area contributed by atoms with Crippen LogP contribution in [-0.4, -0.2) is 13.4 Å². The van der Waals surface area contributed by atoms with Crippen molar-refractivity contribution in [2.45, 2.75) is 31.8 Å². The number of thiophene rings is 1. The molecule has 5 nitrogen and oxygen atoms in total. The largest absolute Gasteiger partial charge is 0.326 e.